The molecular weight excluding hydrogens is 340 g/mol. The van der Waals surface area contributed by atoms with Crippen molar-refractivity contribution in [2.45, 2.75) is 6.61 Å². The van der Waals surface area contributed by atoms with Gasteiger partial charge in [-0.1, -0.05) is 30.3 Å². The third-order valence-electron chi connectivity index (χ3n) is 3.48. The van der Waals surface area contributed by atoms with Crippen LogP contribution in [-0.4, -0.2) is 39.1 Å². The number of methoxy groups -OCH3 is 2. The maximum absolute atomic E-state index is 11.9. The lowest BCUT2D eigenvalue weighted by Crippen LogP contribution is -2.16. The Labute approximate surface area is 150 Å². The molecule has 0 aliphatic heterocycles. The van der Waals surface area contributed by atoms with Crippen molar-refractivity contribution < 1.29 is 33.3 Å². The van der Waals surface area contributed by atoms with E-state index in [1.54, 1.807) is 0 Å². The molecule has 0 aromatic heterocycles. The quantitative estimate of drug-likeness (QED) is 0.529. The van der Waals surface area contributed by atoms with Gasteiger partial charge in [-0.15, -0.1) is 0 Å². The fraction of sp³-hybridized carbons (Fsp3) is 0.211. The van der Waals surface area contributed by atoms with Crippen LogP contribution in [0.15, 0.2) is 42.5 Å². The van der Waals surface area contributed by atoms with Gasteiger partial charge in [0.1, 0.15) is 23.7 Å². The van der Waals surface area contributed by atoms with E-state index in [4.69, 9.17) is 9.47 Å². The van der Waals surface area contributed by atoms with Crippen molar-refractivity contribution in [1.82, 2.24) is 0 Å². The van der Waals surface area contributed by atoms with E-state index in [1.807, 2.05) is 30.3 Å². The van der Waals surface area contributed by atoms with E-state index in [0.717, 1.165) is 5.56 Å². The first-order valence-corrected chi connectivity index (χ1v) is 7.67. The predicted octanol–water partition coefficient (Wildman–Crippen LogP) is 2.42. The molecule has 0 N–H and O–H groups in total. The monoisotopic (exact) mass is 358 g/mol. The summed E-state index contributed by atoms with van der Waals surface area (Å²) in [6.45, 7) is -0.251. The van der Waals surface area contributed by atoms with Gasteiger partial charge in [0.25, 0.3) is 0 Å². The van der Waals surface area contributed by atoms with Crippen LogP contribution in [0.4, 0.5) is 0 Å². The number of ether oxygens (including phenoxy) is 4. The van der Waals surface area contributed by atoms with Gasteiger partial charge in [0.15, 0.2) is 12.9 Å². The summed E-state index contributed by atoms with van der Waals surface area (Å²) in [5, 5.41) is 0. The summed E-state index contributed by atoms with van der Waals surface area (Å²) in [5.74, 6) is -1.24. The molecule has 7 nitrogen and oxygen atoms in total. The lowest BCUT2D eigenvalue weighted by Gasteiger charge is -2.15. The maximum atomic E-state index is 11.9. The van der Waals surface area contributed by atoms with Crippen LogP contribution in [-0.2, 0) is 20.9 Å². The average molecular weight is 358 g/mol. The number of esters is 2. The van der Waals surface area contributed by atoms with Gasteiger partial charge in [0.05, 0.1) is 19.8 Å². The Bertz CT molecular complexity index is 784. The van der Waals surface area contributed by atoms with Crippen molar-refractivity contribution in [2.24, 2.45) is 0 Å². The SMILES string of the molecule is COC(=O)COc1c(C(=O)OC)ccc(OCc2ccccc2)c1C=O. The molecule has 2 aromatic carbocycles. The number of rotatable bonds is 8. The Morgan fingerprint density at radius 3 is 2.31 bits per heavy atom. The highest BCUT2D eigenvalue weighted by molar-refractivity contribution is 5.98. The van der Waals surface area contributed by atoms with Crippen molar-refractivity contribution in [2.75, 3.05) is 20.8 Å². The van der Waals surface area contributed by atoms with Crippen LogP contribution in [0.25, 0.3) is 0 Å². The van der Waals surface area contributed by atoms with Gasteiger partial charge in [-0.3, -0.25) is 4.79 Å². The maximum Gasteiger partial charge on any atom is 0.343 e. The molecule has 136 valence electrons. The summed E-state index contributed by atoms with van der Waals surface area (Å²) in [6.07, 6.45) is 0.499. The van der Waals surface area contributed by atoms with Crippen molar-refractivity contribution in [3.05, 3.63) is 59.2 Å². The van der Waals surface area contributed by atoms with Crippen LogP contribution >= 0.6 is 0 Å². The van der Waals surface area contributed by atoms with Gasteiger partial charge < -0.3 is 18.9 Å². The molecule has 0 unspecified atom stereocenters. The number of aldehydes is 1. The molecule has 0 aliphatic rings. The predicted molar refractivity (Wildman–Crippen MR) is 91.5 cm³/mol. The van der Waals surface area contributed by atoms with E-state index < -0.39 is 18.5 Å². The summed E-state index contributed by atoms with van der Waals surface area (Å²) < 4.78 is 20.2. The molecule has 0 fully saturated rings. The zero-order chi connectivity index (χ0) is 18.9. The van der Waals surface area contributed by atoms with E-state index in [2.05, 4.69) is 9.47 Å². The lowest BCUT2D eigenvalue weighted by atomic mass is 10.1. The largest absolute Gasteiger partial charge is 0.488 e. The van der Waals surface area contributed by atoms with Gasteiger partial charge in [0.2, 0.25) is 0 Å². The van der Waals surface area contributed by atoms with Crippen molar-refractivity contribution in [3.8, 4) is 11.5 Å². The molecule has 0 atom stereocenters. The van der Waals surface area contributed by atoms with Gasteiger partial charge in [-0.2, -0.15) is 0 Å². The minimum Gasteiger partial charge on any atom is -0.488 e. The number of hydrogen-bond acceptors (Lipinski definition) is 7. The number of carbonyl (C=O) groups excluding carboxylic acids is 3. The lowest BCUT2D eigenvalue weighted by molar-refractivity contribution is -0.142. The second-order valence-corrected chi connectivity index (χ2v) is 5.10. The standard InChI is InChI=1S/C19H18O7/c1-23-17(21)12-26-18-14(19(22)24-2)8-9-16(15(18)10-20)25-11-13-6-4-3-5-7-13/h3-10H,11-12H2,1-2H3. The molecule has 0 bridgehead atoms. The Morgan fingerprint density at radius 2 is 1.69 bits per heavy atom. The van der Waals surface area contributed by atoms with Crippen LogP contribution in [0.2, 0.25) is 0 Å². The Morgan fingerprint density at radius 1 is 0.962 bits per heavy atom. The first-order chi connectivity index (χ1) is 12.6. The molecule has 0 aliphatic carbocycles. The van der Waals surface area contributed by atoms with Crippen molar-refractivity contribution in [1.29, 1.82) is 0 Å². The molecule has 0 spiro atoms. The third-order valence-corrected chi connectivity index (χ3v) is 3.48. The van der Waals surface area contributed by atoms with Crippen LogP contribution < -0.4 is 9.47 Å². The van der Waals surface area contributed by atoms with E-state index in [-0.39, 0.29) is 29.2 Å². The Balaban J connectivity index is 2.34. The fourth-order valence-corrected chi connectivity index (χ4v) is 2.17. The molecule has 0 saturated heterocycles. The number of carbonyl (C=O) groups is 3. The van der Waals surface area contributed by atoms with Crippen LogP contribution in [0.3, 0.4) is 0 Å². The summed E-state index contributed by atoms with van der Waals surface area (Å²) in [4.78, 5) is 34.9. The molecule has 2 rings (SSSR count). The van der Waals surface area contributed by atoms with Gasteiger partial charge in [-0.05, 0) is 17.7 Å². The van der Waals surface area contributed by atoms with Gasteiger partial charge in [-0.25, -0.2) is 9.59 Å². The molecular formula is C19H18O7. The zero-order valence-corrected chi connectivity index (χ0v) is 14.4. The van der Waals surface area contributed by atoms with Crippen molar-refractivity contribution in [3.63, 3.8) is 0 Å². The van der Waals surface area contributed by atoms with Gasteiger partial charge >= 0.3 is 11.9 Å². The van der Waals surface area contributed by atoms with Crippen molar-refractivity contribution >= 4 is 18.2 Å². The topological polar surface area (TPSA) is 88.1 Å². The summed E-state index contributed by atoms with van der Waals surface area (Å²) >= 11 is 0. The molecule has 26 heavy (non-hydrogen) atoms. The highest BCUT2D eigenvalue weighted by Gasteiger charge is 2.22. The third kappa shape index (κ3) is 4.60. The van der Waals surface area contributed by atoms with Crippen LogP contribution in [0.1, 0.15) is 26.3 Å². The molecule has 0 saturated carbocycles. The molecule has 7 heteroatoms. The zero-order valence-electron chi connectivity index (χ0n) is 14.4. The summed E-state index contributed by atoms with van der Waals surface area (Å²) in [5.41, 5.74) is 0.914. The molecule has 0 radical (unpaired) electrons. The fourth-order valence-electron chi connectivity index (χ4n) is 2.17. The van der Waals surface area contributed by atoms with E-state index in [9.17, 15) is 14.4 Å². The average Bonchev–Trinajstić information content (AvgIpc) is 2.69. The molecule has 0 heterocycles. The first-order valence-electron chi connectivity index (χ1n) is 7.67. The Kier molecular flexibility index (Phi) is 6.73. The van der Waals surface area contributed by atoms with E-state index >= 15 is 0 Å². The number of hydrogen-bond donors (Lipinski definition) is 0. The number of benzene rings is 2. The van der Waals surface area contributed by atoms with E-state index in [0.29, 0.717) is 6.29 Å². The minimum absolute atomic E-state index is 0.00515. The second kappa shape index (κ2) is 9.22. The second-order valence-electron chi connectivity index (χ2n) is 5.10. The smallest absolute Gasteiger partial charge is 0.343 e. The van der Waals surface area contributed by atoms with Gasteiger partial charge in [0, 0.05) is 0 Å². The van der Waals surface area contributed by atoms with Crippen LogP contribution in [0.5, 0.6) is 11.5 Å². The minimum atomic E-state index is -0.706. The normalized spacial score (nSPS) is 9.92. The molecule has 2 aromatic rings. The molecule has 0 amide bonds. The summed E-state index contributed by atoms with van der Waals surface area (Å²) in [7, 11) is 2.40. The van der Waals surface area contributed by atoms with Crippen LogP contribution in [0, 0.1) is 0 Å². The Hall–Kier alpha value is -3.35. The highest BCUT2D eigenvalue weighted by Crippen LogP contribution is 2.32. The summed E-state index contributed by atoms with van der Waals surface area (Å²) in [6, 6.07) is 12.2. The first kappa shape index (κ1) is 19.0. The highest BCUT2D eigenvalue weighted by atomic mass is 16.6. The van der Waals surface area contributed by atoms with E-state index in [1.165, 1.54) is 26.4 Å².